The van der Waals surface area contributed by atoms with Crippen LogP contribution in [0.4, 0.5) is 0 Å². The Morgan fingerprint density at radius 2 is 1.63 bits per heavy atom. The number of rotatable bonds is 4. The molecule has 180 valence electrons. The highest BCUT2D eigenvalue weighted by Crippen LogP contribution is 2.31. The molecule has 1 N–H and O–H groups in total. The predicted octanol–water partition coefficient (Wildman–Crippen LogP) is 2.37. The lowest BCUT2D eigenvalue weighted by Gasteiger charge is -2.26. The van der Waals surface area contributed by atoms with Gasteiger partial charge in [-0.25, -0.2) is 17.7 Å². The van der Waals surface area contributed by atoms with Crippen molar-refractivity contribution in [2.75, 3.05) is 27.2 Å². The monoisotopic (exact) mass is 491 g/mol. The second-order valence-corrected chi connectivity index (χ2v) is 10.6. The van der Waals surface area contributed by atoms with Crippen molar-refractivity contribution >= 4 is 33.4 Å². The van der Waals surface area contributed by atoms with Crippen molar-refractivity contribution in [2.24, 2.45) is 4.99 Å². The average Bonchev–Trinajstić information content (AvgIpc) is 3.23. The molecule has 10 heteroatoms. The lowest BCUT2D eigenvalue weighted by Crippen LogP contribution is -2.36. The van der Waals surface area contributed by atoms with Gasteiger partial charge in [-0.15, -0.1) is 0 Å². The van der Waals surface area contributed by atoms with Crippen LogP contribution in [0.15, 0.2) is 64.0 Å². The zero-order valence-electron chi connectivity index (χ0n) is 19.5. The zero-order valence-corrected chi connectivity index (χ0v) is 20.3. The largest absolute Gasteiger partial charge is 0.338 e. The Morgan fingerprint density at radius 1 is 1.00 bits per heavy atom. The SMILES string of the molecule is CN(C)S(=O)(=O)c1ccc(C(=O)NC2=N/C(=C(\C#N)C(=O)N3CCCCC3)c3ccccc32)cc1. The Hall–Kier alpha value is -3.81. The maximum absolute atomic E-state index is 13.1. The Bertz CT molecular complexity index is 1380. The van der Waals surface area contributed by atoms with Gasteiger partial charge in [-0.2, -0.15) is 5.26 Å². The quantitative estimate of drug-likeness (QED) is 0.520. The molecule has 9 nitrogen and oxygen atoms in total. The molecule has 0 atom stereocenters. The Morgan fingerprint density at radius 3 is 2.23 bits per heavy atom. The first-order valence-electron chi connectivity index (χ1n) is 11.2. The molecule has 0 aromatic heterocycles. The van der Waals surface area contributed by atoms with E-state index in [9.17, 15) is 23.3 Å². The summed E-state index contributed by atoms with van der Waals surface area (Å²) in [7, 11) is -0.748. The molecule has 35 heavy (non-hydrogen) atoms. The van der Waals surface area contributed by atoms with Crippen molar-refractivity contribution in [3.05, 3.63) is 70.8 Å². The van der Waals surface area contributed by atoms with Gasteiger partial charge in [0, 0.05) is 43.9 Å². The summed E-state index contributed by atoms with van der Waals surface area (Å²) in [5, 5.41) is 12.6. The number of aliphatic imine (C=N–C) groups is 1. The lowest BCUT2D eigenvalue weighted by molar-refractivity contribution is -0.127. The van der Waals surface area contributed by atoms with Crippen molar-refractivity contribution in [3.63, 3.8) is 0 Å². The first-order chi connectivity index (χ1) is 16.7. The number of piperidine rings is 1. The van der Waals surface area contributed by atoms with Gasteiger partial charge < -0.3 is 10.2 Å². The minimum atomic E-state index is -3.61. The maximum atomic E-state index is 13.1. The fourth-order valence-electron chi connectivity index (χ4n) is 4.04. The smallest absolute Gasteiger partial charge is 0.266 e. The third kappa shape index (κ3) is 4.73. The normalized spacial score (nSPS) is 16.9. The van der Waals surface area contributed by atoms with Gasteiger partial charge in [-0.3, -0.25) is 9.59 Å². The molecule has 4 rings (SSSR count). The number of carbonyl (C=O) groups is 2. The summed E-state index contributed by atoms with van der Waals surface area (Å²) in [6.07, 6.45) is 2.85. The topological polar surface area (TPSA) is 123 Å². The van der Waals surface area contributed by atoms with Gasteiger partial charge >= 0.3 is 0 Å². The van der Waals surface area contributed by atoms with Crippen LogP contribution in [0.1, 0.15) is 40.7 Å². The first kappa shape index (κ1) is 24.3. The summed E-state index contributed by atoms with van der Waals surface area (Å²) in [4.78, 5) is 32.2. The van der Waals surface area contributed by atoms with Crippen LogP contribution in [-0.2, 0) is 14.8 Å². The second-order valence-electron chi connectivity index (χ2n) is 8.46. The number of amidine groups is 1. The zero-order chi connectivity index (χ0) is 25.2. The predicted molar refractivity (Wildman–Crippen MR) is 131 cm³/mol. The molecule has 2 heterocycles. The third-order valence-corrected chi connectivity index (χ3v) is 7.82. The Labute approximate surface area is 204 Å². The van der Waals surface area contributed by atoms with E-state index in [1.54, 1.807) is 29.2 Å². The molecular weight excluding hydrogens is 466 g/mol. The molecule has 0 aliphatic carbocycles. The minimum absolute atomic E-state index is 0.0538. The molecule has 2 aromatic carbocycles. The van der Waals surface area contributed by atoms with Gasteiger partial charge in [0.25, 0.3) is 11.8 Å². The summed E-state index contributed by atoms with van der Waals surface area (Å²) >= 11 is 0. The van der Waals surface area contributed by atoms with Crippen molar-refractivity contribution in [2.45, 2.75) is 24.2 Å². The number of amides is 2. The van der Waals surface area contributed by atoms with Crippen LogP contribution >= 0.6 is 0 Å². The fraction of sp³-hybridized carbons (Fsp3) is 0.280. The van der Waals surface area contributed by atoms with Crippen LogP contribution in [0.5, 0.6) is 0 Å². The van der Waals surface area contributed by atoms with Crippen molar-refractivity contribution in [1.29, 1.82) is 5.26 Å². The summed E-state index contributed by atoms with van der Waals surface area (Å²) in [5.74, 6) is -0.620. The maximum Gasteiger partial charge on any atom is 0.266 e. The number of hydrogen-bond acceptors (Lipinski definition) is 6. The summed E-state index contributed by atoms with van der Waals surface area (Å²) in [5.41, 5.74) is 1.62. The van der Waals surface area contributed by atoms with E-state index in [4.69, 9.17) is 0 Å². The van der Waals surface area contributed by atoms with E-state index in [2.05, 4.69) is 10.3 Å². The number of nitrogens with zero attached hydrogens (tertiary/aromatic N) is 4. The summed E-state index contributed by atoms with van der Waals surface area (Å²) in [6, 6.07) is 14.7. The van der Waals surface area contributed by atoms with E-state index in [1.165, 1.54) is 38.4 Å². The first-order valence-corrected chi connectivity index (χ1v) is 12.6. The number of hydrogen-bond donors (Lipinski definition) is 1. The van der Waals surface area contributed by atoms with E-state index in [-0.39, 0.29) is 33.5 Å². The average molecular weight is 492 g/mol. The number of nitrogens with one attached hydrogen (secondary N) is 1. The molecule has 2 aliphatic rings. The number of fused-ring (bicyclic) bond motifs is 1. The van der Waals surface area contributed by atoms with Gasteiger partial charge in [-0.05, 0) is 43.5 Å². The van der Waals surface area contributed by atoms with E-state index in [0.717, 1.165) is 23.6 Å². The standard InChI is InChI=1S/C25H25N5O4S/c1-29(2)35(33,34)18-12-10-17(11-13-18)24(31)28-23-20-9-5-4-8-19(20)22(27-23)21(16-26)25(32)30-14-6-3-7-15-30/h4-5,8-13H,3,6-7,14-15H2,1-2H3,(H,27,28,31)/b22-21+. The Balaban J connectivity index is 1.64. The molecule has 0 radical (unpaired) electrons. The van der Waals surface area contributed by atoms with Crippen LogP contribution in [0, 0.1) is 11.3 Å². The molecule has 2 aromatic rings. The van der Waals surface area contributed by atoms with Crippen molar-refractivity contribution in [3.8, 4) is 6.07 Å². The van der Waals surface area contributed by atoms with Gasteiger partial charge in [-0.1, -0.05) is 24.3 Å². The number of sulfonamides is 1. The molecular formula is C25H25N5O4S. The molecule has 0 bridgehead atoms. The van der Waals surface area contributed by atoms with Crippen LogP contribution in [0.2, 0.25) is 0 Å². The van der Waals surface area contributed by atoms with Gasteiger partial charge in [0.2, 0.25) is 10.0 Å². The molecule has 2 amide bonds. The second kappa shape index (κ2) is 9.82. The highest BCUT2D eigenvalue weighted by Gasteiger charge is 2.30. The lowest BCUT2D eigenvalue weighted by atomic mass is 10.0. The number of nitriles is 1. The van der Waals surface area contributed by atoms with E-state index in [0.29, 0.717) is 24.2 Å². The van der Waals surface area contributed by atoms with Gasteiger partial charge in [0.05, 0.1) is 10.6 Å². The summed E-state index contributed by atoms with van der Waals surface area (Å²) in [6.45, 7) is 1.21. The molecule has 1 fully saturated rings. The number of carbonyl (C=O) groups excluding carboxylic acids is 2. The van der Waals surface area contributed by atoms with Crippen LogP contribution in [0.25, 0.3) is 5.70 Å². The third-order valence-electron chi connectivity index (χ3n) is 5.99. The molecule has 0 saturated carbocycles. The molecule has 0 unspecified atom stereocenters. The number of benzene rings is 2. The van der Waals surface area contributed by atoms with Crippen LogP contribution in [-0.4, -0.2) is 62.5 Å². The minimum Gasteiger partial charge on any atom is -0.338 e. The summed E-state index contributed by atoms with van der Waals surface area (Å²) < 4.78 is 25.6. The van der Waals surface area contributed by atoms with E-state index < -0.39 is 15.9 Å². The number of likely N-dealkylation sites (tertiary alicyclic amines) is 1. The van der Waals surface area contributed by atoms with Crippen LogP contribution < -0.4 is 5.32 Å². The fourth-order valence-corrected chi connectivity index (χ4v) is 4.94. The highest BCUT2D eigenvalue weighted by molar-refractivity contribution is 7.89. The highest BCUT2D eigenvalue weighted by atomic mass is 32.2. The van der Waals surface area contributed by atoms with Crippen LogP contribution in [0.3, 0.4) is 0 Å². The van der Waals surface area contributed by atoms with E-state index in [1.807, 2.05) is 6.07 Å². The molecule has 2 aliphatic heterocycles. The molecule has 0 spiro atoms. The van der Waals surface area contributed by atoms with E-state index >= 15 is 0 Å². The van der Waals surface area contributed by atoms with Gasteiger partial charge in [0.15, 0.2) is 0 Å². The van der Waals surface area contributed by atoms with Crippen molar-refractivity contribution in [1.82, 2.24) is 14.5 Å². The van der Waals surface area contributed by atoms with Gasteiger partial charge in [0.1, 0.15) is 17.5 Å². The van der Waals surface area contributed by atoms with Crippen molar-refractivity contribution < 1.29 is 18.0 Å². The molecule has 1 saturated heterocycles. The Kier molecular flexibility index (Phi) is 6.82.